The van der Waals surface area contributed by atoms with E-state index in [9.17, 15) is 0 Å². The van der Waals surface area contributed by atoms with E-state index in [1.165, 1.54) is 35.9 Å². The standard InChI is InChI=1S/C16H23N3/c1-3-19-16-7-5-4-6-14(16)15(18-19)11-13(17-2)10-12-8-9-12/h4-7,12-13,17H,3,8-11H2,1-2H3. The van der Waals surface area contributed by atoms with Gasteiger partial charge in [0.05, 0.1) is 11.2 Å². The van der Waals surface area contributed by atoms with Crippen molar-refractivity contribution in [1.29, 1.82) is 0 Å². The lowest BCUT2D eigenvalue weighted by molar-refractivity contribution is 0.484. The van der Waals surface area contributed by atoms with E-state index < -0.39 is 0 Å². The van der Waals surface area contributed by atoms with Gasteiger partial charge >= 0.3 is 0 Å². The number of para-hydroxylation sites is 1. The molecule has 1 fully saturated rings. The summed E-state index contributed by atoms with van der Waals surface area (Å²) in [5, 5.41) is 9.58. The van der Waals surface area contributed by atoms with Crippen LogP contribution in [0.4, 0.5) is 0 Å². The highest BCUT2D eigenvalue weighted by molar-refractivity contribution is 5.82. The molecule has 1 aliphatic rings. The molecule has 1 atom stereocenters. The van der Waals surface area contributed by atoms with Gasteiger partial charge in [-0.15, -0.1) is 0 Å². The van der Waals surface area contributed by atoms with Crippen molar-refractivity contribution >= 4 is 10.9 Å². The monoisotopic (exact) mass is 257 g/mol. The molecular formula is C16H23N3. The van der Waals surface area contributed by atoms with Gasteiger partial charge in [0.25, 0.3) is 0 Å². The third-order valence-electron chi connectivity index (χ3n) is 4.20. The average Bonchev–Trinajstić information content (AvgIpc) is 3.19. The molecule has 3 rings (SSSR count). The maximum Gasteiger partial charge on any atom is 0.0718 e. The first-order valence-electron chi connectivity index (χ1n) is 7.43. The number of hydrogen-bond donors (Lipinski definition) is 1. The molecule has 3 heteroatoms. The minimum absolute atomic E-state index is 0.566. The second kappa shape index (κ2) is 5.33. The van der Waals surface area contributed by atoms with Gasteiger partial charge in [-0.2, -0.15) is 5.10 Å². The van der Waals surface area contributed by atoms with Gasteiger partial charge in [-0.25, -0.2) is 0 Å². The molecule has 1 aromatic heterocycles. The maximum atomic E-state index is 4.80. The summed E-state index contributed by atoms with van der Waals surface area (Å²) in [6.07, 6.45) is 5.18. The second-order valence-corrected chi connectivity index (χ2v) is 5.65. The highest BCUT2D eigenvalue weighted by atomic mass is 15.3. The molecule has 19 heavy (non-hydrogen) atoms. The number of aryl methyl sites for hydroxylation is 1. The Labute approximate surface area is 115 Å². The topological polar surface area (TPSA) is 29.9 Å². The first-order chi connectivity index (χ1) is 9.31. The molecule has 0 bridgehead atoms. The molecular weight excluding hydrogens is 234 g/mol. The van der Waals surface area contributed by atoms with Gasteiger partial charge in [-0.05, 0) is 32.4 Å². The third-order valence-corrected chi connectivity index (χ3v) is 4.20. The van der Waals surface area contributed by atoms with Gasteiger partial charge in [0.2, 0.25) is 0 Å². The molecule has 102 valence electrons. The number of fused-ring (bicyclic) bond motifs is 1. The van der Waals surface area contributed by atoms with Crippen molar-refractivity contribution in [2.24, 2.45) is 5.92 Å². The molecule has 1 heterocycles. The zero-order valence-electron chi connectivity index (χ0n) is 11.9. The zero-order chi connectivity index (χ0) is 13.2. The number of hydrogen-bond acceptors (Lipinski definition) is 2. The van der Waals surface area contributed by atoms with Crippen LogP contribution in [0.5, 0.6) is 0 Å². The van der Waals surface area contributed by atoms with Gasteiger partial charge in [0.1, 0.15) is 0 Å². The van der Waals surface area contributed by atoms with Crippen LogP contribution in [0.2, 0.25) is 0 Å². The molecule has 0 aliphatic heterocycles. The van der Waals surface area contributed by atoms with Crippen LogP contribution >= 0.6 is 0 Å². The van der Waals surface area contributed by atoms with Gasteiger partial charge < -0.3 is 5.32 Å². The summed E-state index contributed by atoms with van der Waals surface area (Å²) in [6.45, 7) is 3.09. The quantitative estimate of drug-likeness (QED) is 0.862. The smallest absolute Gasteiger partial charge is 0.0718 e. The van der Waals surface area contributed by atoms with Crippen LogP contribution in [0.25, 0.3) is 10.9 Å². The highest BCUT2D eigenvalue weighted by Gasteiger charge is 2.25. The van der Waals surface area contributed by atoms with Crippen molar-refractivity contribution in [2.75, 3.05) is 7.05 Å². The van der Waals surface area contributed by atoms with Crippen molar-refractivity contribution in [2.45, 2.75) is 45.2 Å². The zero-order valence-corrected chi connectivity index (χ0v) is 11.9. The van der Waals surface area contributed by atoms with E-state index >= 15 is 0 Å². The lowest BCUT2D eigenvalue weighted by Gasteiger charge is -2.14. The number of nitrogens with one attached hydrogen (secondary N) is 1. The van der Waals surface area contributed by atoms with E-state index in [2.05, 4.69) is 48.2 Å². The molecule has 3 nitrogen and oxygen atoms in total. The van der Waals surface area contributed by atoms with Crippen molar-refractivity contribution in [3.8, 4) is 0 Å². The van der Waals surface area contributed by atoms with Gasteiger partial charge in [0, 0.05) is 24.4 Å². The fourth-order valence-corrected chi connectivity index (χ4v) is 2.88. The molecule has 1 saturated carbocycles. The summed E-state index contributed by atoms with van der Waals surface area (Å²) in [6, 6.07) is 9.15. The third kappa shape index (κ3) is 2.66. The maximum absolute atomic E-state index is 4.80. The Kier molecular flexibility index (Phi) is 3.56. The van der Waals surface area contributed by atoms with Gasteiger partial charge in [-0.1, -0.05) is 31.0 Å². The summed E-state index contributed by atoms with van der Waals surface area (Å²) in [5.74, 6) is 0.956. The van der Waals surface area contributed by atoms with Gasteiger partial charge in [0.15, 0.2) is 0 Å². The minimum atomic E-state index is 0.566. The minimum Gasteiger partial charge on any atom is -0.317 e. The van der Waals surface area contributed by atoms with Crippen LogP contribution in [-0.4, -0.2) is 22.9 Å². The number of benzene rings is 1. The first-order valence-corrected chi connectivity index (χ1v) is 7.43. The van der Waals surface area contributed by atoms with Crippen molar-refractivity contribution < 1.29 is 0 Å². The number of likely N-dealkylation sites (N-methyl/N-ethyl adjacent to an activating group) is 1. The summed E-state index contributed by atoms with van der Waals surface area (Å²) in [5.41, 5.74) is 2.51. The van der Waals surface area contributed by atoms with Crippen LogP contribution in [0.1, 0.15) is 31.9 Å². The number of rotatable bonds is 6. The Hall–Kier alpha value is -1.35. The Morgan fingerprint density at radius 1 is 1.37 bits per heavy atom. The lowest BCUT2D eigenvalue weighted by Crippen LogP contribution is -2.28. The molecule has 2 aromatic rings. The molecule has 0 radical (unpaired) electrons. The van der Waals surface area contributed by atoms with Crippen LogP contribution in [0, 0.1) is 5.92 Å². The van der Waals surface area contributed by atoms with Crippen LogP contribution in [0.15, 0.2) is 24.3 Å². The van der Waals surface area contributed by atoms with E-state index in [1.807, 2.05) is 0 Å². The van der Waals surface area contributed by atoms with E-state index in [-0.39, 0.29) is 0 Å². The second-order valence-electron chi connectivity index (χ2n) is 5.65. The van der Waals surface area contributed by atoms with E-state index in [0.717, 1.165) is 18.9 Å². The molecule has 0 saturated heterocycles. The van der Waals surface area contributed by atoms with Crippen LogP contribution in [-0.2, 0) is 13.0 Å². The SMILES string of the molecule is CCn1nc(CC(CC2CC2)NC)c2ccccc21. The Bertz CT molecular complexity index is 554. The Morgan fingerprint density at radius 3 is 2.84 bits per heavy atom. The summed E-state index contributed by atoms with van der Waals surface area (Å²) in [7, 11) is 2.08. The molecule has 1 N–H and O–H groups in total. The highest BCUT2D eigenvalue weighted by Crippen LogP contribution is 2.34. The normalized spacial score (nSPS) is 16.9. The first kappa shape index (κ1) is 12.7. The van der Waals surface area contributed by atoms with Crippen LogP contribution in [0.3, 0.4) is 0 Å². The van der Waals surface area contributed by atoms with E-state index in [0.29, 0.717) is 6.04 Å². The fourth-order valence-electron chi connectivity index (χ4n) is 2.88. The van der Waals surface area contributed by atoms with Crippen LogP contribution < -0.4 is 5.32 Å². The van der Waals surface area contributed by atoms with Crippen molar-refractivity contribution in [3.05, 3.63) is 30.0 Å². The Balaban J connectivity index is 1.86. The van der Waals surface area contributed by atoms with Crippen molar-refractivity contribution in [1.82, 2.24) is 15.1 Å². The predicted molar refractivity (Wildman–Crippen MR) is 79.3 cm³/mol. The molecule has 1 aliphatic carbocycles. The molecule has 0 spiro atoms. The van der Waals surface area contributed by atoms with E-state index in [1.54, 1.807) is 0 Å². The molecule has 0 amide bonds. The predicted octanol–water partition coefficient (Wildman–Crippen LogP) is 2.99. The summed E-state index contributed by atoms with van der Waals surface area (Å²) >= 11 is 0. The summed E-state index contributed by atoms with van der Waals surface area (Å²) in [4.78, 5) is 0. The van der Waals surface area contributed by atoms with Crippen molar-refractivity contribution in [3.63, 3.8) is 0 Å². The van der Waals surface area contributed by atoms with E-state index in [4.69, 9.17) is 5.10 Å². The Morgan fingerprint density at radius 2 is 2.16 bits per heavy atom. The lowest BCUT2D eigenvalue weighted by atomic mass is 10.0. The van der Waals surface area contributed by atoms with Gasteiger partial charge in [-0.3, -0.25) is 4.68 Å². The summed E-state index contributed by atoms with van der Waals surface area (Å²) < 4.78 is 2.12. The molecule has 1 aromatic carbocycles. The number of aromatic nitrogens is 2. The molecule has 1 unspecified atom stereocenters. The fraction of sp³-hybridized carbons (Fsp3) is 0.562. The number of nitrogens with zero attached hydrogens (tertiary/aromatic N) is 2. The largest absolute Gasteiger partial charge is 0.317 e. The average molecular weight is 257 g/mol.